The molecule has 0 N–H and O–H groups in total. The molecular formula is C17H30N2O4. The molecule has 0 radical (unpaired) electrons. The van der Waals surface area contributed by atoms with Crippen molar-refractivity contribution in [3.05, 3.63) is 0 Å². The zero-order chi connectivity index (χ0) is 16.7. The second kappa shape index (κ2) is 9.23. The molecule has 0 aromatic heterocycles. The normalized spacial score (nSPS) is 23.9. The van der Waals surface area contributed by atoms with Crippen molar-refractivity contribution in [2.45, 2.75) is 45.6 Å². The third kappa shape index (κ3) is 6.47. The molecular weight excluding hydrogens is 296 g/mol. The first-order valence-corrected chi connectivity index (χ1v) is 8.82. The van der Waals surface area contributed by atoms with Crippen molar-refractivity contribution in [2.24, 2.45) is 5.92 Å². The van der Waals surface area contributed by atoms with Crippen LogP contribution in [0.5, 0.6) is 0 Å². The van der Waals surface area contributed by atoms with E-state index in [-0.39, 0.29) is 31.1 Å². The standard InChI is InChI=1S/C17H30N2O4/c1-14(2)10-18-8-9-22-15(11-18)13-23-17(21)12-19-7-5-3-4-6-16(19)20/h14-15H,3-13H2,1-2H3. The highest BCUT2D eigenvalue weighted by atomic mass is 16.6. The second-order valence-electron chi connectivity index (χ2n) is 6.96. The molecule has 0 aromatic carbocycles. The number of ether oxygens (including phenoxy) is 2. The molecule has 6 heteroatoms. The highest BCUT2D eigenvalue weighted by Crippen LogP contribution is 2.12. The van der Waals surface area contributed by atoms with E-state index >= 15 is 0 Å². The van der Waals surface area contributed by atoms with E-state index in [1.54, 1.807) is 4.90 Å². The molecule has 2 fully saturated rings. The van der Waals surface area contributed by atoms with Crippen LogP contribution in [0, 0.1) is 5.92 Å². The summed E-state index contributed by atoms with van der Waals surface area (Å²) in [4.78, 5) is 27.9. The van der Waals surface area contributed by atoms with Crippen LogP contribution in [0.1, 0.15) is 39.5 Å². The largest absolute Gasteiger partial charge is 0.462 e. The van der Waals surface area contributed by atoms with Gasteiger partial charge in [-0.25, -0.2) is 0 Å². The number of nitrogens with zero attached hydrogens (tertiary/aromatic N) is 2. The number of hydrogen-bond donors (Lipinski definition) is 0. The maximum absolute atomic E-state index is 12.0. The summed E-state index contributed by atoms with van der Waals surface area (Å²) in [7, 11) is 0. The van der Waals surface area contributed by atoms with Crippen molar-refractivity contribution >= 4 is 11.9 Å². The minimum atomic E-state index is -0.329. The lowest BCUT2D eigenvalue weighted by molar-refractivity contribution is -0.154. The predicted molar refractivity (Wildman–Crippen MR) is 87.0 cm³/mol. The molecule has 2 aliphatic rings. The third-order valence-corrected chi connectivity index (χ3v) is 4.27. The number of hydrogen-bond acceptors (Lipinski definition) is 5. The summed E-state index contributed by atoms with van der Waals surface area (Å²) in [6.07, 6.45) is 3.43. The van der Waals surface area contributed by atoms with Gasteiger partial charge in [-0.1, -0.05) is 20.3 Å². The zero-order valence-electron chi connectivity index (χ0n) is 14.5. The van der Waals surface area contributed by atoms with Crippen LogP contribution in [0.4, 0.5) is 0 Å². The van der Waals surface area contributed by atoms with Gasteiger partial charge in [0.1, 0.15) is 19.3 Å². The molecule has 2 saturated heterocycles. The van der Waals surface area contributed by atoms with Gasteiger partial charge in [0.2, 0.25) is 5.91 Å². The molecule has 132 valence electrons. The number of esters is 1. The fraction of sp³-hybridized carbons (Fsp3) is 0.882. The van der Waals surface area contributed by atoms with E-state index in [1.807, 2.05) is 0 Å². The van der Waals surface area contributed by atoms with Crippen molar-refractivity contribution in [3.8, 4) is 0 Å². The summed E-state index contributed by atoms with van der Waals surface area (Å²) in [5.41, 5.74) is 0. The van der Waals surface area contributed by atoms with Crippen LogP contribution < -0.4 is 0 Å². The summed E-state index contributed by atoms with van der Waals surface area (Å²) in [5, 5.41) is 0. The number of rotatable bonds is 6. The minimum absolute atomic E-state index is 0.0636. The molecule has 1 amide bonds. The van der Waals surface area contributed by atoms with Crippen LogP contribution in [0.25, 0.3) is 0 Å². The Bertz CT molecular complexity index is 400. The van der Waals surface area contributed by atoms with Crippen LogP contribution in [-0.2, 0) is 19.1 Å². The predicted octanol–water partition coefficient (Wildman–Crippen LogP) is 1.29. The Balaban J connectivity index is 1.70. The van der Waals surface area contributed by atoms with E-state index in [4.69, 9.17) is 9.47 Å². The number of amides is 1. The van der Waals surface area contributed by atoms with Gasteiger partial charge in [-0.3, -0.25) is 14.5 Å². The van der Waals surface area contributed by atoms with Gasteiger partial charge in [-0.05, 0) is 18.8 Å². The number of likely N-dealkylation sites (tertiary alicyclic amines) is 1. The van der Waals surface area contributed by atoms with E-state index in [0.29, 0.717) is 25.5 Å². The van der Waals surface area contributed by atoms with Crippen LogP contribution in [0.2, 0.25) is 0 Å². The second-order valence-corrected chi connectivity index (χ2v) is 6.96. The van der Waals surface area contributed by atoms with Gasteiger partial charge < -0.3 is 14.4 Å². The fourth-order valence-corrected chi connectivity index (χ4v) is 3.16. The summed E-state index contributed by atoms with van der Waals surface area (Å²) >= 11 is 0. The quantitative estimate of drug-likeness (QED) is 0.689. The lowest BCUT2D eigenvalue weighted by atomic mass is 10.2. The van der Waals surface area contributed by atoms with Crippen LogP contribution in [0.15, 0.2) is 0 Å². The Morgan fingerprint density at radius 3 is 2.91 bits per heavy atom. The molecule has 2 heterocycles. The number of carbonyl (C=O) groups is 2. The Hall–Kier alpha value is -1.14. The average molecular weight is 326 g/mol. The zero-order valence-corrected chi connectivity index (χ0v) is 14.5. The molecule has 0 aliphatic carbocycles. The molecule has 2 aliphatic heterocycles. The van der Waals surface area contributed by atoms with E-state index in [9.17, 15) is 9.59 Å². The summed E-state index contributed by atoms with van der Waals surface area (Å²) in [6.45, 7) is 8.85. The Kier molecular flexibility index (Phi) is 7.30. The number of morpholine rings is 1. The van der Waals surface area contributed by atoms with Gasteiger partial charge in [-0.15, -0.1) is 0 Å². The van der Waals surface area contributed by atoms with E-state index in [2.05, 4.69) is 18.7 Å². The molecule has 0 aromatic rings. The van der Waals surface area contributed by atoms with Gasteiger partial charge in [0.25, 0.3) is 0 Å². The monoisotopic (exact) mass is 326 g/mol. The molecule has 6 nitrogen and oxygen atoms in total. The molecule has 0 saturated carbocycles. The van der Waals surface area contributed by atoms with Crippen molar-refractivity contribution in [1.82, 2.24) is 9.80 Å². The van der Waals surface area contributed by atoms with Gasteiger partial charge in [0.15, 0.2) is 0 Å². The highest BCUT2D eigenvalue weighted by Gasteiger charge is 2.24. The van der Waals surface area contributed by atoms with Gasteiger partial charge in [0, 0.05) is 32.6 Å². The highest BCUT2D eigenvalue weighted by molar-refractivity contribution is 5.82. The SMILES string of the molecule is CC(C)CN1CCOC(COC(=O)CN2CCCCCC2=O)C1. The van der Waals surface area contributed by atoms with Crippen molar-refractivity contribution in [1.29, 1.82) is 0 Å². The smallest absolute Gasteiger partial charge is 0.325 e. The molecule has 2 rings (SSSR count). The summed E-state index contributed by atoms with van der Waals surface area (Å²) < 4.78 is 11.0. The molecule has 0 spiro atoms. The first-order chi connectivity index (χ1) is 11.0. The van der Waals surface area contributed by atoms with Gasteiger partial charge >= 0.3 is 5.97 Å². The molecule has 0 bridgehead atoms. The average Bonchev–Trinajstić information content (AvgIpc) is 2.70. The van der Waals surface area contributed by atoms with Crippen molar-refractivity contribution in [3.63, 3.8) is 0 Å². The Morgan fingerprint density at radius 1 is 1.30 bits per heavy atom. The summed E-state index contributed by atoms with van der Waals surface area (Å²) in [5.74, 6) is 0.353. The fourth-order valence-electron chi connectivity index (χ4n) is 3.16. The van der Waals surface area contributed by atoms with E-state index < -0.39 is 0 Å². The Morgan fingerprint density at radius 2 is 2.13 bits per heavy atom. The maximum Gasteiger partial charge on any atom is 0.325 e. The van der Waals surface area contributed by atoms with E-state index in [0.717, 1.165) is 38.9 Å². The van der Waals surface area contributed by atoms with Crippen LogP contribution in [-0.4, -0.2) is 73.7 Å². The molecule has 1 atom stereocenters. The van der Waals surface area contributed by atoms with Gasteiger partial charge in [-0.2, -0.15) is 0 Å². The number of carbonyl (C=O) groups excluding carboxylic acids is 2. The summed E-state index contributed by atoms with van der Waals surface area (Å²) in [6, 6.07) is 0. The first kappa shape index (κ1) is 18.2. The van der Waals surface area contributed by atoms with Crippen LogP contribution in [0.3, 0.4) is 0 Å². The lowest BCUT2D eigenvalue weighted by Crippen LogP contribution is -2.46. The third-order valence-electron chi connectivity index (χ3n) is 4.27. The van der Waals surface area contributed by atoms with Gasteiger partial charge in [0.05, 0.1) is 6.61 Å². The van der Waals surface area contributed by atoms with Crippen LogP contribution >= 0.6 is 0 Å². The Labute approximate surface area is 139 Å². The van der Waals surface area contributed by atoms with E-state index in [1.165, 1.54) is 0 Å². The molecule has 23 heavy (non-hydrogen) atoms. The van der Waals surface area contributed by atoms with Crippen molar-refractivity contribution in [2.75, 3.05) is 45.9 Å². The first-order valence-electron chi connectivity index (χ1n) is 8.82. The topological polar surface area (TPSA) is 59.1 Å². The minimum Gasteiger partial charge on any atom is -0.462 e. The maximum atomic E-state index is 12.0. The van der Waals surface area contributed by atoms with Crippen molar-refractivity contribution < 1.29 is 19.1 Å². The lowest BCUT2D eigenvalue weighted by Gasteiger charge is -2.33. The molecule has 1 unspecified atom stereocenters.